The van der Waals surface area contributed by atoms with Crippen LogP contribution in [0.1, 0.15) is 37.9 Å². The lowest BCUT2D eigenvalue weighted by molar-refractivity contribution is 0.531. The fourth-order valence-electron chi connectivity index (χ4n) is 2.10. The molecule has 0 saturated heterocycles. The molecule has 0 radical (unpaired) electrons. The molecule has 0 saturated carbocycles. The molecule has 0 spiro atoms. The number of hydrogen-bond donors (Lipinski definition) is 1. The van der Waals surface area contributed by atoms with Crippen LogP contribution in [0.25, 0.3) is 0 Å². The van der Waals surface area contributed by atoms with Gasteiger partial charge in [-0.15, -0.1) is 0 Å². The summed E-state index contributed by atoms with van der Waals surface area (Å²) in [5.74, 6) is 0.180. The third-order valence-corrected chi connectivity index (χ3v) is 5.71. The van der Waals surface area contributed by atoms with Crippen LogP contribution in [0.4, 0.5) is 0 Å². The number of sulfone groups is 1. The zero-order chi connectivity index (χ0) is 13.8. The summed E-state index contributed by atoms with van der Waals surface area (Å²) in [5.41, 5.74) is 2.29. The van der Waals surface area contributed by atoms with E-state index in [0.717, 1.165) is 12.0 Å². The molecule has 0 aliphatic heterocycles. The Balaban J connectivity index is 3.02. The predicted octanol–water partition coefficient (Wildman–Crippen LogP) is 2.33. The molecular formula is C14H23NO2S. The first-order valence-corrected chi connectivity index (χ1v) is 8.15. The van der Waals surface area contributed by atoms with E-state index in [1.807, 2.05) is 12.1 Å². The van der Waals surface area contributed by atoms with Crippen LogP contribution in [-0.2, 0) is 16.3 Å². The van der Waals surface area contributed by atoms with Crippen LogP contribution in [0.3, 0.4) is 0 Å². The van der Waals surface area contributed by atoms with Gasteiger partial charge in [-0.1, -0.05) is 38.1 Å². The van der Waals surface area contributed by atoms with Crippen molar-refractivity contribution in [2.45, 2.75) is 38.5 Å². The number of benzene rings is 1. The smallest absolute Gasteiger partial charge is 0.154 e. The normalized spacial score (nSPS) is 15.3. The average Bonchev–Trinajstić information content (AvgIpc) is 2.40. The third-order valence-electron chi connectivity index (χ3n) is 3.50. The summed E-state index contributed by atoms with van der Waals surface area (Å²) in [6.07, 6.45) is 0.993. The number of nitrogens with one attached hydrogen (secondary N) is 1. The summed E-state index contributed by atoms with van der Waals surface area (Å²) in [6.45, 7) is 5.57. The van der Waals surface area contributed by atoms with E-state index in [4.69, 9.17) is 0 Å². The van der Waals surface area contributed by atoms with Gasteiger partial charge in [0.05, 0.1) is 5.25 Å². The molecule has 2 unspecified atom stereocenters. The summed E-state index contributed by atoms with van der Waals surface area (Å²) >= 11 is 0. The largest absolute Gasteiger partial charge is 0.312 e. The van der Waals surface area contributed by atoms with Crippen LogP contribution in [0.2, 0.25) is 0 Å². The first-order chi connectivity index (χ1) is 8.46. The third kappa shape index (κ3) is 3.33. The Morgan fingerprint density at radius 2 is 1.72 bits per heavy atom. The van der Waals surface area contributed by atoms with E-state index in [0.29, 0.717) is 0 Å². The minimum absolute atomic E-state index is 0.152. The zero-order valence-electron chi connectivity index (χ0n) is 11.6. The maximum Gasteiger partial charge on any atom is 0.154 e. The molecule has 0 bridgehead atoms. The molecule has 102 valence electrons. The van der Waals surface area contributed by atoms with Crippen LogP contribution in [0, 0.1) is 0 Å². The number of hydrogen-bond acceptors (Lipinski definition) is 3. The Morgan fingerprint density at radius 3 is 2.11 bits per heavy atom. The Kier molecular flexibility index (Phi) is 5.35. The van der Waals surface area contributed by atoms with Gasteiger partial charge >= 0.3 is 0 Å². The van der Waals surface area contributed by atoms with E-state index in [2.05, 4.69) is 24.4 Å². The van der Waals surface area contributed by atoms with Crippen molar-refractivity contribution in [2.24, 2.45) is 0 Å². The lowest BCUT2D eigenvalue weighted by atomic mass is 10.0. The van der Waals surface area contributed by atoms with Crippen molar-refractivity contribution in [3.8, 4) is 0 Å². The van der Waals surface area contributed by atoms with E-state index >= 15 is 0 Å². The first kappa shape index (κ1) is 15.2. The Morgan fingerprint density at radius 1 is 1.17 bits per heavy atom. The molecule has 1 rings (SSSR count). The highest BCUT2D eigenvalue weighted by atomic mass is 32.2. The van der Waals surface area contributed by atoms with Crippen LogP contribution in [0.5, 0.6) is 0 Å². The molecule has 1 aromatic carbocycles. The van der Waals surface area contributed by atoms with Crippen molar-refractivity contribution < 1.29 is 8.42 Å². The lowest BCUT2D eigenvalue weighted by Crippen LogP contribution is -2.34. The van der Waals surface area contributed by atoms with Gasteiger partial charge in [0.15, 0.2) is 9.84 Å². The van der Waals surface area contributed by atoms with Crippen LogP contribution < -0.4 is 5.32 Å². The molecule has 0 aliphatic rings. The van der Waals surface area contributed by atoms with Crippen molar-refractivity contribution in [1.29, 1.82) is 0 Å². The van der Waals surface area contributed by atoms with Gasteiger partial charge in [-0.05, 0) is 31.5 Å². The SMILES string of the molecule is CCc1ccc(C(NC)C(C)S(=O)(=O)CC)cc1. The molecule has 0 fully saturated rings. The average molecular weight is 269 g/mol. The van der Waals surface area contributed by atoms with Crippen LogP contribution in [0.15, 0.2) is 24.3 Å². The molecule has 2 atom stereocenters. The second-order valence-electron chi connectivity index (χ2n) is 4.52. The van der Waals surface area contributed by atoms with E-state index in [9.17, 15) is 8.42 Å². The fraction of sp³-hybridized carbons (Fsp3) is 0.571. The Bertz CT molecular complexity index is 465. The van der Waals surface area contributed by atoms with Gasteiger partial charge in [0.2, 0.25) is 0 Å². The lowest BCUT2D eigenvalue weighted by Gasteiger charge is -2.23. The quantitative estimate of drug-likeness (QED) is 0.862. The molecule has 0 aromatic heterocycles. The molecule has 1 aromatic rings. The van der Waals surface area contributed by atoms with Crippen molar-refractivity contribution >= 4 is 9.84 Å². The first-order valence-electron chi connectivity index (χ1n) is 6.43. The van der Waals surface area contributed by atoms with Crippen molar-refractivity contribution in [2.75, 3.05) is 12.8 Å². The van der Waals surface area contributed by atoms with Crippen molar-refractivity contribution in [3.63, 3.8) is 0 Å². The minimum Gasteiger partial charge on any atom is -0.312 e. The highest BCUT2D eigenvalue weighted by Gasteiger charge is 2.27. The molecule has 0 amide bonds. The van der Waals surface area contributed by atoms with Crippen LogP contribution in [-0.4, -0.2) is 26.5 Å². The minimum atomic E-state index is -3.04. The van der Waals surface area contributed by atoms with Gasteiger partial charge in [-0.3, -0.25) is 0 Å². The Labute approximate surface area is 111 Å². The summed E-state index contributed by atoms with van der Waals surface area (Å²) < 4.78 is 23.9. The van der Waals surface area contributed by atoms with E-state index < -0.39 is 15.1 Å². The van der Waals surface area contributed by atoms with Crippen LogP contribution >= 0.6 is 0 Å². The summed E-state index contributed by atoms with van der Waals surface area (Å²) in [6, 6.07) is 8.00. The molecule has 1 N–H and O–H groups in total. The van der Waals surface area contributed by atoms with Crippen molar-refractivity contribution in [3.05, 3.63) is 35.4 Å². The maximum absolute atomic E-state index is 12.0. The molecule has 0 heterocycles. The number of aryl methyl sites for hydroxylation is 1. The highest BCUT2D eigenvalue weighted by Crippen LogP contribution is 2.22. The summed E-state index contributed by atoms with van der Waals surface area (Å²) in [5, 5.41) is 2.70. The monoisotopic (exact) mass is 269 g/mol. The van der Waals surface area contributed by atoms with Gasteiger partial charge in [0, 0.05) is 11.8 Å². The van der Waals surface area contributed by atoms with Gasteiger partial charge in [-0.2, -0.15) is 0 Å². The molecule has 3 nitrogen and oxygen atoms in total. The fourth-order valence-corrected chi connectivity index (χ4v) is 3.34. The predicted molar refractivity (Wildman–Crippen MR) is 76.5 cm³/mol. The van der Waals surface area contributed by atoms with E-state index in [1.54, 1.807) is 20.9 Å². The molecule has 0 aliphatic carbocycles. The maximum atomic E-state index is 12.0. The van der Waals surface area contributed by atoms with Crippen molar-refractivity contribution in [1.82, 2.24) is 5.32 Å². The standard InChI is InChI=1S/C14H23NO2S/c1-5-12-7-9-13(10-8-12)14(15-4)11(3)18(16,17)6-2/h7-11,14-15H,5-6H2,1-4H3. The summed E-state index contributed by atoms with van der Waals surface area (Å²) in [4.78, 5) is 0. The van der Waals surface area contributed by atoms with Gasteiger partial charge in [0.25, 0.3) is 0 Å². The molecule has 4 heteroatoms. The van der Waals surface area contributed by atoms with Gasteiger partial charge in [0.1, 0.15) is 0 Å². The van der Waals surface area contributed by atoms with E-state index in [1.165, 1.54) is 5.56 Å². The van der Waals surface area contributed by atoms with Gasteiger partial charge in [-0.25, -0.2) is 8.42 Å². The van der Waals surface area contributed by atoms with Gasteiger partial charge < -0.3 is 5.32 Å². The summed E-state index contributed by atoms with van der Waals surface area (Å²) in [7, 11) is -1.23. The highest BCUT2D eigenvalue weighted by molar-refractivity contribution is 7.92. The molecular weight excluding hydrogens is 246 g/mol. The Hall–Kier alpha value is -0.870. The topological polar surface area (TPSA) is 46.2 Å². The molecule has 18 heavy (non-hydrogen) atoms. The second-order valence-corrected chi connectivity index (χ2v) is 7.16. The number of rotatable bonds is 6. The zero-order valence-corrected chi connectivity index (χ0v) is 12.4. The second kappa shape index (κ2) is 6.34. The van der Waals surface area contributed by atoms with E-state index in [-0.39, 0.29) is 11.8 Å².